The van der Waals surface area contributed by atoms with Crippen LogP contribution in [-0.2, 0) is 41.5 Å². The summed E-state index contributed by atoms with van der Waals surface area (Å²) in [6.45, 7) is 8.66. The second-order valence-electron chi connectivity index (χ2n) is 7.77. The van der Waals surface area contributed by atoms with Gasteiger partial charge in [-0.05, 0) is 25.7 Å². The minimum absolute atomic E-state index is 0.198. The molecule has 2 aromatic heterocycles. The molecule has 9 heteroatoms. The lowest BCUT2D eigenvalue weighted by Crippen LogP contribution is -2.38. The number of aromatic nitrogens is 4. The smallest absolute Gasteiger partial charge is 0.247 e. The van der Waals surface area contributed by atoms with Crippen molar-refractivity contribution in [2.24, 2.45) is 12.5 Å². The first-order valence-electron chi connectivity index (χ1n) is 8.59. The van der Waals surface area contributed by atoms with Crippen LogP contribution in [-0.4, -0.2) is 45.9 Å². The van der Waals surface area contributed by atoms with E-state index in [1.54, 1.807) is 36.1 Å². The molecular formula is C17H27N5O3S. The Balaban J connectivity index is 2.07. The molecule has 3 heterocycles. The summed E-state index contributed by atoms with van der Waals surface area (Å²) in [5.41, 5.74) is 2.94. The lowest BCUT2D eigenvalue weighted by Gasteiger charge is -2.29. The van der Waals surface area contributed by atoms with E-state index in [0.29, 0.717) is 24.5 Å². The standard InChI is InChI=1S/C17H27N5O3S/c1-12-16(13(2)22(19-12)11-25-6)26(23,24)21-9-14-8-18-20(5)15(14)7-17(3,4)10-21/h8H,7,9-11H2,1-6H3. The molecular weight excluding hydrogens is 354 g/mol. The van der Waals surface area contributed by atoms with Crippen LogP contribution in [0.2, 0.25) is 0 Å². The van der Waals surface area contributed by atoms with E-state index >= 15 is 0 Å². The van der Waals surface area contributed by atoms with Gasteiger partial charge in [-0.15, -0.1) is 0 Å². The number of aryl methyl sites for hydroxylation is 2. The number of methoxy groups -OCH3 is 1. The summed E-state index contributed by atoms with van der Waals surface area (Å²) in [6.07, 6.45) is 2.55. The van der Waals surface area contributed by atoms with E-state index in [4.69, 9.17) is 4.74 Å². The van der Waals surface area contributed by atoms with Gasteiger partial charge in [-0.1, -0.05) is 13.8 Å². The van der Waals surface area contributed by atoms with Gasteiger partial charge in [0.2, 0.25) is 10.0 Å². The maximum Gasteiger partial charge on any atom is 0.247 e. The van der Waals surface area contributed by atoms with Crippen molar-refractivity contribution < 1.29 is 13.2 Å². The number of hydrogen-bond donors (Lipinski definition) is 0. The molecule has 144 valence electrons. The summed E-state index contributed by atoms with van der Waals surface area (Å²) >= 11 is 0. The van der Waals surface area contributed by atoms with Crippen LogP contribution in [0.1, 0.15) is 36.5 Å². The molecule has 2 aromatic rings. The quantitative estimate of drug-likeness (QED) is 0.804. The van der Waals surface area contributed by atoms with Crippen molar-refractivity contribution in [3.05, 3.63) is 28.8 Å². The minimum atomic E-state index is -3.69. The molecule has 0 saturated carbocycles. The van der Waals surface area contributed by atoms with Crippen LogP contribution in [0.5, 0.6) is 0 Å². The van der Waals surface area contributed by atoms with Gasteiger partial charge in [0.15, 0.2) is 0 Å². The van der Waals surface area contributed by atoms with Crippen LogP contribution in [0.4, 0.5) is 0 Å². The van der Waals surface area contributed by atoms with Crippen LogP contribution in [0.3, 0.4) is 0 Å². The first-order chi connectivity index (χ1) is 12.1. The van der Waals surface area contributed by atoms with E-state index in [9.17, 15) is 8.42 Å². The molecule has 0 unspecified atom stereocenters. The van der Waals surface area contributed by atoms with E-state index in [1.807, 2.05) is 11.7 Å². The summed E-state index contributed by atoms with van der Waals surface area (Å²) in [7, 11) is -0.225. The molecule has 0 spiro atoms. The fourth-order valence-corrected chi connectivity index (χ4v) is 5.68. The van der Waals surface area contributed by atoms with Gasteiger partial charge >= 0.3 is 0 Å². The number of ether oxygens (including phenoxy) is 1. The van der Waals surface area contributed by atoms with Crippen molar-refractivity contribution in [3.8, 4) is 0 Å². The first kappa shape index (κ1) is 19.1. The molecule has 0 amide bonds. The third-order valence-corrected chi connectivity index (χ3v) is 6.95. The number of rotatable bonds is 4. The molecule has 0 aromatic carbocycles. The third kappa shape index (κ3) is 3.19. The van der Waals surface area contributed by atoms with Crippen LogP contribution < -0.4 is 0 Å². The largest absolute Gasteiger partial charge is 0.362 e. The van der Waals surface area contributed by atoms with Crippen LogP contribution in [0, 0.1) is 19.3 Å². The highest BCUT2D eigenvalue weighted by atomic mass is 32.2. The van der Waals surface area contributed by atoms with Crippen LogP contribution in [0.15, 0.2) is 11.1 Å². The van der Waals surface area contributed by atoms with E-state index in [1.165, 1.54) is 0 Å². The normalized spacial score (nSPS) is 17.9. The average molecular weight is 382 g/mol. The molecule has 0 aliphatic carbocycles. The van der Waals surface area contributed by atoms with E-state index in [0.717, 1.165) is 17.7 Å². The minimum Gasteiger partial charge on any atom is -0.362 e. The molecule has 1 aliphatic rings. The van der Waals surface area contributed by atoms with Gasteiger partial charge in [-0.2, -0.15) is 14.5 Å². The molecule has 0 radical (unpaired) electrons. The summed E-state index contributed by atoms with van der Waals surface area (Å²) < 4.78 is 37.1. The molecule has 3 rings (SSSR count). The molecule has 0 saturated heterocycles. The first-order valence-corrected chi connectivity index (χ1v) is 10.0. The Morgan fingerprint density at radius 3 is 2.65 bits per heavy atom. The molecule has 0 atom stereocenters. The Bertz CT molecular complexity index is 927. The van der Waals surface area contributed by atoms with Gasteiger partial charge < -0.3 is 4.74 Å². The summed E-state index contributed by atoms with van der Waals surface area (Å²) in [6, 6.07) is 0. The van der Waals surface area contributed by atoms with Crippen molar-refractivity contribution in [2.75, 3.05) is 13.7 Å². The number of fused-ring (bicyclic) bond motifs is 1. The molecule has 8 nitrogen and oxygen atoms in total. The number of hydrogen-bond acceptors (Lipinski definition) is 5. The van der Waals surface area contributed by atoms with E-state index in [-0.39, 0.29) is 17.0 Å². The molecule has 0 bridgehead atoms. The maximum atomic E-state index is 13.5. The van der Waals surface area contributed by atoms with Crippen LogP contribution >= 0.6 is 0 Å². The average Bonchev–Trinajstić information content (AvgIpc) is 2.94. The Labute approximate surface area is 154 Å². The highest BCUT2D eigenvalue weighted by Crippen LogP contribution is 2.34. The number of nitrogens with zero attached hydrogens (tertiary/aromatic N) is 5. The third-order valence-electron chi connectivity index (χ3n) is 4.91. The Hall–Kier alpha value is -1.71. The predicted molar refractivity (Wildman–Crippen MR) is 97.0 cm³/mol. The molecule has 26 heavy (non-hydrogen) atoms. The van der Waals surface area contributed by atoms with Crippen molar-refractivity contribution >= 4 is 10.0 Å². The Morgan fingerprint density at radius 2 is 2.00 bits per heavy atom. The van der Waals surface area contributed by atoms with Gasteiger partial charge in [0.25, 0.3) is 0 Å². The lowest BCUT2D eigenvalue weighted by molar-refractivity contribution is 0.118. The maximum absolute atomic E-state index is 13.5. The second kappa shape index (κ2) is 6.47. The highest BCUT2D eigenvalue weighted by Gasteiger charge is 2.38. The summed E-state index contributed by atoms with van der Waals surface area (Å²) in [5, 5.41) is 8.66. The van der Waals surface area contributed by atoms with Crippen LogP contribution in [0.25, 0.3) is 0 Å². The number of sulfonamides is 1. The van der Waals surface area contributed by atoms with Gasteiger partial charge in [0.1, 0.15) is 11.6 Å². The molecule has 0 N–H and O–H groups in total. The molecule has 0 fully saturated rings. The summed E-state index contributed by atoms with van der Waals surface area (Å²) in [4.78, 5) is 0.276. The fourth-order valence-electron chi connectivity index (χ4n) is 3.70. The lowest BCUT2D eigenvalue weighted by atomic mass is 9.88. The zero-order valence-electron chi connectivity index (χ0n) is 16.3. The van der Waals surface area contributed by atoms with E-state index < -0.39 is 10.0 Å². The van der Waals surface area contributed by atoms with Crippen molar-refractivity contribution in [3.63, 3.8) is 0 Å². The molecule has 1 aliphatic heterocycles. The SMILES string of the molecule is COCn1nc(C)c(S(=O)(=O)N2Cc3cnn(C)c3CC(C)(C)C2)c1C. The van der Waals surface area contributed by atoms with Crippen molar-refractivity contribution in [1.82, 2.24) is 23.9 Å². The van der Waals surface area contributed by atoms with E-state index in [2.05, 4.69) is 24.0 Å². The monoisotopic (exact) mass is 381 g/mol. The predicted octanol–water partition coefficient (Wildman–Crippen LogP) is 1.61. The van der Waals surface area contributed by atoms with Gasteiger partial charge in [-0.3, -0.25) is 4.68 Å². The van der Waals surface area contributed by atoms with Crippen molar-refractivity contribution in [2.45, 2.75) is 52.3 Å². The summed E-state index contributed by atoms with van der Waals surface area (Å²) in [5.74, 6) is 0. The van der Waals surface area contributed by atoms with Gasteiger partial charge in [0, 0.05) is 38.5 Å². The fraction of sp³-hybridized carbons (Fsp3) is 0.647. The second-order valence-corrected chi connectivity index (χ2v) is 9.65. The topological polar surface area (TPSA) is 82.2 Å². The zero-order valence-corrected chi connectivity index (χ0v) is 17.1. The Morgan fingerprint density at radius 1 is 1.31 bits per heavy atom. The van der Waals surface area contributed by atoms with Gasteiger partial charge in [0.05, 0.1) is 17.6 Å². The zero-order chi connectivity index (χ0) is 19.3. The highest BCUT2D eigenvalue weighted by molar-refractivity contribution is 7.89. The van der Waals surface area contributed by atoms with Gasteiger partial charge in [-0.25, -0.2) is 13.1 Å². The van der Waals surface area contributed by atoms with Crippen molar-refractivity contribution in [1.29, 1.82) is 0 Å². The Kier molecular flexibility index (Phi) is 4.74.